The van der Waals surface area contributed by atoms with E-state index >= 15 is 0 Å². The molecular formula is C23H22ClN3O5. The zero-order chi connectivity index (χ0) is 23.1. The summed E-state index contributed by atoms with van der Waals surface area (Å²) in [5.74, 6) is 0.841. The number of nitro benzene ring substituents is 1. The first-order chi connectivity index (χ1) is 15.4. The van der Waals surface area contributed by atoms with Crippen molar-refractivity contribution < 1.29 is 19.1 Å². The van der Waals surface area contributed by atoms with E-state index in [1.807, 2.05) is 31.2 Å². The standard InChI is InChI=1S/C23H22ClN3O5/c1-15-4-6-16(7-5-15)14-32-23-20(27(28)29)10-17(11-22(23)31-3)13-25-26-18-8-9-21(30-2)19(24)12-18/h4-13,26H,14H2,1-3H3/b25-13+. The van der Waals surface area contributed by atoms with Gasteiger partial charge in [-0.15, -0.1) is 0 Å². The van der Waals surface area contributed by atoms with E-state index in [9.17, 15) is 10.1 Å². The average Bonchev–Trinajstić information content (AvgIpc) is 2.78. The van der Waals surface area contributed by atoms with Crippen molar-refractivity contribution in [2.75, 3.05) is 19.6 Å². The fourth-order valence-corrected chi connectivity index (χ4v) is 3.13. The van der Waals surface area contributed by atoms with E-state index in [-0.39, 0.29) is 23.8 Å². The number of aryl methyl sites for hydroxylation is 1. The Hall–Kier alpha value is -3.78. The maximum absolute atomic E-state index is 11.7. The van der Waals surface area contributed by atoms with Gasteiger partial charge in [0, 0.05) is 11.6 Å². The van der Waals surface area contributed by atoms with Gasteiger partial charge in [-0.1, -0.05) is 41.4 Å². The molecular weight excluding hydrogens is 434 g/mol. The smallest absolute Gasteiger partial charge is 0.315 e. The summed E-state index contributed by atoms with van der Waals surface area (Å²) in [7, 11) is 2.96. The van der Waals surface area contributed by atoms with E-state index < -0.39 is 4.92 Å². The SMILES string of the molecule is COc1ccc(N/N=C/c2cc(OC)c(OCc3ccc(C)cc3)c([N+](=O)[O-])c2)cc1Cl. The monoisotopic (exact) mass is 455 g/mol. The van der Waals surface area contributed by atoms with Crippen LogP contribution >= 0.6 is 11.6 Å². The number of halogens is 1. The lowest BCUT2D eigenvalue weighted by Crippen LogP contribution is -2.03. The van der Waals surface area contributed by atoms with Crippen molar-refractivity contribution in [3.8, 4) is 17.2 Å². The zero-order valence-electron chi connectivity index (χ0n) is 17.8. The molecule has 0 saturated carbocycles. The minimum atomic E-state index is -0.513. The molecule has 166 valence electrons. The van der Waals surface area contributed by atoms with Gasteiger partial charge in [-0.3, -0.25) is 15.5 Å². The topological polar surface area (TPSA) is 95.2 Å². The summed E-state index contributed by atoms with van der Waals surface area (Å²) in [5, 5.41) is 16.2. The van der Waals surface area contributed by atoms with Crippen molar-refractivity contribution >= 4 is 29.2 Å². The first-order valence-electron chi connectivity index (χ1n) is 9.58. The molecule has 0 spiro atoms. The minimum Gasteiger partial charge on any atom is -0.495 e. The van der Waals surface area contributed by atoms with Crippen LogP contribution in [0.15, 0.2) is 59.7 Å². The van der Waals surface area contributed by atoms with Crippen LogP contribution in [0, 0.1) is 17.0 Å². The molecule has 0 atom stereocenters. The summed E-state index contributed by atoms with van der Waals surface area (Å²) in [6.45, 7) is 2.15. The number of anilines is 1. The van der Waals surface area contributed by atoms with Crippen LogP contribution in [-0.2, 0) is 6.61 Å². The highest BCUT2D eigenvalue weighted by Crippen LogP contribution is 2.38. The average molecular weight is 456 g/mol. The Balaban J connectivity index is 1.80. The summed E-state index contributed by atoms with van der Waals surface area (Å²) in [6.07, 6.45) is 1.44. The molecule has 0 radical (unpaired) electrons. The van der Waals surface area contributed by atoms with Gasteiger partial charge in [-0.05, 0) is 36.8 Å². The van der Waals surface area contributed by atoms with Gasteiger partial charge < -0.3 is 14.2 Å². The number of nitrogens with one attached hydrogen (secondary N) is 1. The largest absolute Gasteiger partial charge is 0.495 e. The Morgan fingerprint density at radius 2 is 1.78 bits per heavy atom. The highest BCUT2D eigenvalue weighted by atomic mass is 35.5. The van der Waals surface area contributed by atoms with Crippen LogP contribution < -0.4 is 19.6 Å². The number of hydrogen-bond donors (Lipinski definition) is 1. The summed E-state index contributed by atoms with van der Waals surface area (Å²) in [4.78, 5) is 11.2. The molecule has 9 heteroatoms. The van der Waals surface area contributed by atoms with E-state index in [1.165, 1.54) is 26.5 Å². The molecule has 0 aliphatic rings. The van der Waals surface area contributed by atoms with Crippen LogP contribution in [0.1, 0.15) is 16.7 Å². The summed E-state index contributed by atoms with van der Waals surface area (Å²) in [6, 6.07) is 15.8. The maximum Gasteiger partial charge on any atom is 0.315 e. The lowest BCUT2D eigenvalue weighted by atomic mass is 10.1. The Labute approximate surface area is 190 Å². The van der Waals surface area contributed by atoms with Crippen LogP contribution in [0.4, 0.5) is 11.4 Å². The van der Waals surface area contributed by atoms with Crippen molar-refractivity contribution in [3.63, 3.8) is 0 Å². The quantitative estimate of drug-likeness (QED) is 0.256. The van der Waals surface area contributed by atoms with Crippen molar-refractivity contribution in [2.45, 2.75) is 13.5 Å². The van der Waals surface area contributed by atoms with Gasteiger partial charge in [0.1, 0.15) is 12.4 Å². The van der Waals surface area contributed by atoms with Crippen LogP contribution in [0.25, 0.3) is 0 Å². The van der Waals surface area contributed by atoms with Crippen LogP contribution in [0.3, 0.4) is 0 Å². The number of benzene rings is 3. The molecule has 32 heavy (non-hydrogen) atoms. The Morgan fingerprint density at radius 3 is 2.41 bits per heavy atom. The van der Waals surface area contributed by atoms with E-state index in [4.69, 9.17) is 25.8 Å². The third kappa shape index (κ3) is 5.67. The highest BCUT2D eigenvalue weighted by molar-refractivity contribution is 6.32. The minimum absolute atomic E-state index is 0.0603. The molecule has 0 aromatic heterocycles. The number of nitrogens with zero attached hydrogens (tertiary/aromatic N) is 2. The predicted molar refractivity (Wildman–Crippen MR) is 124 cm³/mol. The first kappa shape index (κ1) is 22.9. The van der Waals surface area contributed by atoms with Gasteiger partial charge >= 0.3 is 5.69 Å². The molecule has 0 aliphatic heterocycles. The van der Waals surface area contributed by atoms with Crippen molar-refractivity contribution in [2.24, 2.45) is 5.10 Å². The molecule has 0 fully saturated rings. The van der Waals surface area contributed by atoms with Crippen molar-refractivity contribution in [1.29, 1.82) is 0 Å². The first-order valence-corrected chi connectivity index (χ1v) is 9.96. The molecule has 0 amide bonds. The fourth-order valence-electron chi connectivity index (χ4n) is 2.87. The number of hydrogen-bond acceptors (Lipinski definition) is 7. The number of nitro groups is 1. The Morgan fingerprint density at radius 1 is 1.06 bits per heavy atom. The molecule has 3 aromatic carbocycles. The zero-order valence-corrected chi connectivity index (χ0v) is 18.6. The van der Waals surface area contributed by atoms with E-state index in [0.29, 0.717) is 22.0 Å². The molecule has 0 unspecified atom stereocenters. The molecule has 0 heterocycles. The number of hydrazone groups is 1. The molecule has 3 aromatic rings. The predicted octanol–water partition coefficient (Wildman–Crippen LogP) is 5.60. The van der Waals surface area contributed by atoms with Crippen LogP contribution in [0.5, 0.6) is 17.2 Å². The van der Waals surface area contributed by atoms with Crippen molar-refractivity contribution in [3.05, 3.63) is 86.4 Å². The number of ether oxygens (including phenoxy) is 3. The van der Waals surface area contributed by atoms with Crippen LogP contribution in [-0.4, -0.2) is 25.4 Å². The molecule has 0 bridgehead atoms. The lowest BCUT2D eigenvalue weighted by Gasteiger charge is -2.12. The molecule has 8 nitrogen and oxygen atoms in total. The van der Waals surface area contributed by atoms with Gasteiger partial charge in [-0.2, -0.15) is 5.10 Å². The van der Waals surface area contributed by atoms with Gasteiger partial charge in [0.15, 0.2) is 5.75 Å². The fraction of sp³-hybridized carbons (Fsp3) is 0.174. The third-order valence-electron chi connectivity index (χ3n) is 4.54. The molecule has 3 rings (SSSR count). The van der Waals surface area contributed by atoms with E-state index in [2.05, 4.69) is 10.5 Å². The second kappa shape index (κ2) is 10.5. The van der Waals surface area contributed by atoms with E-state index in [0.717, 1.165) is 11.1 Å². The Bertz CT molecular complexity index is 1130. The second-order valence-corrected chi connectivity index (χ2v) is 7.23. The molecule has 1 N–H and O–H groups in total. The molecule has 0 saturated heterocycles. The highest BCUT2D eigenvalue weighted by Gasteiger charge is 2.22. The summed E-state index contributed by atoms with van der Waals surface area (Å²) < 4.78 is 16.2. The number of rotatable bonds is 9. The van der Waals surface area contributed by atoms with E-state index in [1.54, 1.807) is 24.3 Å². The van der Waals surface area contributed by atoms with Gasteiger partial charge in [0.2, 0.25) is 5.75 Å². The van der Waals surface area contributed by atoms with Gasteiger partial charge in [-0.25, -0.2) is 0 Å². The Kier molecular flexibility index (Phi) is 7.51. The normalized spacial score (nSPS) is 10.8. The summed E-state index contributed by atoms with van der Waals surface area (Å²) in [5.41, 5.74) is 5.71. The van der Waals surface area contributed by atoms with Gasteiger partial charge in [0.05, 0.1) is 36.1 Å². The summed E-state index contributed by atoms with van der Waals surface area (Å²) >= 11 is 6.10. The van der Waals surface area contributed by atoms with Crippen molar-refractivity contribution in [1.82, 2.24) is 0 Å². The molecule has 0 aliphatic carbocycles. The third-order valence-corrected chi connectivity index (χ3v) is 4.83. The van der Waals surface area contributed by atoms with Gasteiger partial charge in [0.25, 0.3) is 0 Å². The second-order valence-electron chi connectivity index (χ2n) is 6.82. The number of methoxy groups -OCH3 is 2. The lowest BCUT2D eigenvalue weighted by molar-refractivity contribution is -0.386. The maximum atomic E-state index is 11.7. The van der Waals surface area contributed by atoms with Crippen LogP contribution in [0.2, 0.25) is 5.02 Å².